The van der Waals surface area contributed by atoms with Crippen molar-refractivity contribution in [1.82, 2.24) is 9.88 Å². The highest BCUT2D eigenvalue weighted by atomic mass is 16.6. The van der Waals surface area contributed by atoms with Gasteiger partial charge in [0, 0.05) is 17.4 Å². The molecule has 1 fully saturated rings. The maximum Gasteiger partial charge on any atom is 0.638 e. The molecule has 2 heterocycles. The molecular weight excluding hydrogens is 235 g/mol. The molecule has 0 atom stereocenters. The van der Waals surface area contributed by atoms with Crippen LogP contribution in [0, 0.1) is 6.92 Å². The fraction of sp³-hybridized carbons (Fsp3) is 0.364. The van der Waals surface area contributed by atoms with Gasteiger partial charge < -0.3 is 9.31 Å². The Kier molecular flexibility index (Phi) is 3.62. The summed E-state index contributed by atoms with van der Waals surface area (Å²) in [5.74, 6) is -0.869. The van der Waals surface area contributed by atoms with Crippen LogP contribution < -0.4 is 5.46 Å². The Morgan fingerprint density at radius 2 is 1.83 bits per heavy atom. The Labute approximate surface area is 105 Å². The molecule has 94 valence electrons. The van der Waals surface area contributed by atoms with E-state index in [1.54, 1.807) is 19.2 Å². The first-order valence-electron chi connectivity index (χ1n) is 5.54. The van der Waals surface area contributed by atoms with Crippen molar-refractivity contribution in [2.75, 3.05) is 20.1 Å². The van der Waals surface area contributed by atoms with E-state index in [-0.39, 0.29) is 13.1 Å². The minimum absolute atomic E-state index is 0.0604. The zero-order valence-electron chi connectivity index (χ0n) is 10.3. The van der Waals surface area contributed by atoms with E-state index in [4.69, 9.17) is 9.31 Å². The molecule has 1 aromatic heterocycles. The maximum atomic E-state index is 11.5. The summed E-state index contributed by atoms with van der Waals surface area (Å²) in [6.45, 7) is 1.96. The van der Waals surface area contributed by atoms with Gasteiger partial charge in [0.15, 0.2) is 0 Å². The van der Waals surface area contributed by atoms with Crippen molar-refractivity contribution in [3.63, 3.8) is 0 Å². The molecule has 0 amide bonds. The fourth-order valence-corrected chi connectivity index (χ4v) is 1.59. The Hall–Kier alpha value is -1.89. The second-order valence-corrected chi connectivity index (χ2v) is 4.22. The standard InChI is InChI=1S/C11H13BN2O4/c1-8-3-4-9(5-13-8)12-17-10(15)6-14(2)7-11(16)18-12/h3-5H,6-7H2,1-2H3. The van der Waals surface area contributed by atoms with Crippen LogP contribution in [0.1, 0.15) is 5.69 Å². The van der Waals surface area contributed by atoms with E-state index < -0.39 is 19.1 Å². The van der Waals surface area contributed by atoms with Crippen LogP contribution in [0.3, 0.4) is 0 Å². The van der Waals surface area contributed by atoms with Crippen molar-refractivity contribution < 1.29 is 18.9 Å². The molecule has 0 N–H and O–H groups in total. The van der Waals surface area contributed by atoms with Gasteiger partial charge in [-0.3, -0.25) is 19.5 Å². The lowest BCUT2D eigenvalue weighted by Crippen LogP contribution is -2.47. The molecule has 2 rings (SSSR count). The first-order valence-corrected chi connectivity index (χ1v) is 5.54. The van der Waals surface area contributed by atoms with Crippen molar-refractivity contribution >= 4 is 24.5 Å². The summed E-state index contributed by atoms with van der Waals surface area (Å²) >= 11 is 0. The van der Waals surface area contributed by atoms with Gasteiger partial charge in [0.2, 0.25) is 0 Å². The van der Waals surface area contributed by atoms with Gasteiger partial charge in [-0.25, -0.2) is 0 Å². The second-order valence-electron chi connectivity index (χ2n) is 4.22. The molecular formula is C11H13BN2O4. The van der Waals surface area contributed by atoms with Gasteiger partial charge in [-0.05, 0) is 20.0 Å². The molecule has 0 radical (unpaired) electrons. The third kappa shape index (κ3) is 3.07. The van der Waals surface area contributed by atoms with E-state index >= 15 is 0 Å². The smallest absolute Gasteiger partial charge is 0.494 e. The third-order valence-corrected chi connectivity index (χ3v) is 2.48. The van der Waals surface area contributed by atoms with Crippen LogP contribution in [0.4, 0.5) is 0 Å². The van der Waals surface area contributed by atoms with E-state index in [0.717, 1.165) is 5.69 Å². The molecule has 0 saturated carbocycles. The van der Waals surface area contributed by atoms with Crippen molar-refractivity contribution in [3.05, 3.63) is 24.0 Å². The highest BCUT2D eigenvalue weighted by Gasteiger charge is 2.33. The summed E-state index contributed by atoms with van der Waals surface area (Å²) in [6, 6.07) is 3.49. The van der Waals surface area contributed by atoms with Crippen LogP contribution in [-0.2, 0) is 18.9 Å². The Bertz CT molecular complexity index is 443. The number of hydrogen-bond acceptors (Lipinski definition) is 6. The lowest BCUT2D eigenvalue weighted by molar-refractivity contribution is -0.145. The van der Waals surface area contributed by atoms with Crippen molar-refractivity contribution in [3.8, 4) is 0 Å². The highest BCUT2D eigenvalue weighted by Crippen LogP contribution is 2.01. The van der Waals surface area contributed by atoms with Crippen molar-refractivity contribution in [2.24, 2.45) is 0 Å². The van der Waals surface area contributed by atoms with Gasteiger partial charge in [0.1, 0.15) is 0 Å². The van der Waals surface area contributed by atoms with Gasteiger partial charge in [-0.1, -0.05) is 6.07 Å². The zero-order chi connectivity index (χ0) is 13.1. The Balaban J connectivity index is 2.18. The van der Waals surface area contributed by atoms with E-state index in [9.17, 15) is 9.59 Å². The maximum absolute atomic E-state index is 11.5. The number of aryl methyl sites for hydroxylation is 1. The number of aromatic nitrogens is 1. The third-order valence-electron chi connectivity index (χ3n) is 2.48. The number of rotatable bonds is 1. The molecule has 0 aromatic carbocycles. The van der Waals surface area contributed by atoms with Crippen molar-refractivity contribution in [1.29, 1.82) is 0 Å². The number of nitrogens with zero attached hydrogens (tertiary/aromatic N) is 2. The lowest BCUT2D eigenvalue weighted by atomic mass is 9.79. The molecule has 0 unspecified atom stereocenters. The van der Waals surface area contributed by atoms with Crippen LogP contribution >= 0.6 is 0 Å². The van der Waals surface area contributed by atoms with Gasteiger partial charge in [0.25, 0.3) is 0 Å². The second kappa shape index (κ2) is 5.18. The van der Waals surface area contributed by atoms with Crippen LogP contribution in [-0.4, -0.2) is 49.1 Å². The Morgan fingerprint density at radius 3 is 2.33 bits per heavy atom. The minimum atomic E-state index is -1.01. The van der Waals surface area contributed by atoms with E-state index in [1.807, 2.05) is 6.92 Å². The molecule has 1 aliphatic heterocycles. The summed E-state index contributed by atoms with van der Waals surface area (Å²) in [6.07, 6.45) is 1.53. The van der Waals surface area contributed by atoms with Crippen LogP contribution in [0.5, 0.6) is 0 Å². The predicted molar refractivity (Wildman–Crippen MR) is 64.0 cm³/mol. The zero-order valence-corrected chi connectivity index (χ0v) is 10.3. The molecule has 1 saturated heterocycles. The average Bonchev–Trinajstić information content (AvgIpc) is 2.26. The van der Waals surface area contributed by atoms with Crippen LogP contribution in [0.25, 0.3) is 0 Å². The van der Waals surface area contributed by atoms with E-state index in [2.05, 4.69) is 4.98 Å². The molecule has 0 spiro atoms. The SMILES string of the molecule is Cc1ccc(B2OC(=O)CN(C)CC(=O)O2)cn1. The monoisotopic (exact) mass is 248 g/mol. The number of carbonyl (C=O) groups excluding carboxylic acids is 2. The Morgan fingerprint density at radius 1 is 1.22 bits per heavy atom. The molecule has 18 heavy (non-hydrogen) atoms. The summed E-state index contributed by atoms with van der Waals surface area (Å²) in [5.41, 5.74) is 1.38. The fourth-order valence-electron chi connectivity index (χ4n) is 1.59. The molecule has 1 aromatic rings. The van der Waals surface area contributed by atoms with Gasteiger partial charge in [0.05, 0.1) is 13.1 Å². The van der Waals surface area contributed by atoms with Gasteiger partial charge in [-0.15, -0.1) is 0 Å². The molecule has 0 bridgehead atoms. The summed E-state index contributed by atoms with van der Waals surface area (Å²) in [7, 11) is 0.641. The highest BCUT2D eigenvalue weighted by molar-refractivity contribution is 6.64. The minimum Gasteiger partial charge on any atom is -0.494 e. The van der Waals surface area contributed by atoms with Crippen LogP contribution in [0.15, 0.2) is 18.3 Å². The molecule has 0 aliphatic carbocycles. The number of likely N-dealkylation sites (N-methyl/N-ethyl adjacent to an activating group) is 1. The number of carbonyl (C=O) groups is 2. The molecule has 1 aliphatic rings. The number of pyridine rings is 1. The van der Waals surface area contributed by atoms with E-state index in [0.29, 0.717) is 5.46 Å². The summed E-state index contributed by atoms with van der Waals surface area (Å²) in [4.78, 5) is 28.7. The first kappa shape index (κ1) is 12.6. The summed E-state index contributed by atoms with van der Waals surface area (Å²) < 4.78 is 10.2. The normalized spacial score (nSPS) is 17.8. The van der Waals surface area contributed by atoms with Crippen LogP contribution in [0.2, 0.25) is 0 Å². The summed E-state index contributed by atoms with van der Waals surface area (Å²) in [5, 5.41) is 0. The first-order chi connectivity index (χ1) is 8.54. The largest absolute Gasteiger partial charge is 0.638 e. The van der Waals surface area contributed by atoms with Gasteiger partial charge in [-0.2, -0.15) is 0 Å². The topological polar surface area (TPSA) is 68.7 Å². The molecule has 7 heteroatoms. The predicted octanol–water partition coefficient (Wildman–Crippen LogP) is -0.883. The lowest BCUT2D eigenvalue weighted by Gasteiger charge is -2.22. The average molecular weight is 248 g/mol. The van der Waals surface area contributed by atoms with E-state index in [1.165, 1.54) is 11.1 Å². The quantitative estimate of drug-likeness (QED) is 0.601. The molecule has 6 nitrogen and oxygen atoms in total. The van der Waals surface area contributed by atoms with Crippen molar-refractivity contribution in [2.45, 2.75) is 6.92 Å². The van der Waals surface area contributed by atoms with Gasteiger partial charge >= 0.3 is 19.1 Å². The number of hydrogen-bond donors (Lipinski definition) is 0.